The predicted molar refractivity (Wildman–Crippen MR) is 80.3 cm³/mol. The van der Waals surface area contributed by atoms with E-state index in [4.69, 9.17) is 0 Å². The highest BCUT2D eigenvalue weighted by Gasteiger charge is 2.35. The highest BCUT2D eigenvalue weighted by Crippen LogP contribution is 2.33. The highest BCUT2D eigenvalue weighted by atomic mass is 79.9. The third-order valence-corrected chi connectivity index (χ3v) is 5.25. The Morgan fingerprint density at radius 2 is 2.05 bits per heavy atom. The number of nitriles is 1. The van der Waals surface area contributed by atoms with Gasteiger partial charge < -0.3 is 4.90 Å². The Kier molecular flexibility index (Phi) is 3.51. The van der Waals surface area contributed by atoms with E-state index in [1.165, 1.54) is 19.3 Å². The lowest BCUT2D eigenvalue weighted by Crippen LogP contribution is -2.36. The van der Waals surface area contributed by atoms with Crippen LogP contribution in [-0.4, -0.2) is 37.1 Å². The summed E-state index contributed by atoms with van der Waals surface area (Å²) in [6.45, 7) is 2.09. The fourth-order valence-corrected chi connectivity index (χ4v) is 3.86. The molecular formula is C15H18BrN3. The lowest BCUT2D eigenvalue weighted by molar-refractivity contribution is 0.254. The van der Waals surface area contributed by atoms with Crippen molar-refractivity contribution in [3.05, 3.63) is 28.2 Å². The van der Waals surface area contributed by atoms with Crippen LogP contribution in [0.4, 0.5) is 5.69 Å². The Hall–Kier alpha value is -1.05. The molecule has 2 heterocycles. The zero-order valence-corrected chi connectivity index (χ0v) is 12.7. The average molecular weight is 320 g/mol. The summed E-state index contributed by atoms with van der Waals surface area (Å²) in [6.07, 6.45) is 3.82. The Balaban J connectivity index is 1.91. The van der Waals surface area contributed by atoms with E-state index in [2.05, 4.69) is 44.9 Å². The molecule has 2 bridgehead atoms. The molecule has 19 heavy (non-hydrogen) atoms. The summed E-state index contributed by atoms with van der Waals surface area (Å²) in [6, 6.07) is 9.74. The van der Waals surface area contributed by atoms with Crippen LogP contribution in [0.1, 0.15) is 24.8 Å². The third kappa shape index (κ3) is 2.26. The van der Waals surface area contributed by atoms with Crippen LogP contribution in [0.2, 0.25) is 0 Å². The molecule has 4 heteroatoms. The number of likely N-dealkylation sites (N-methyl/N-ethyl adjacent to an activating group) is 1. The van der Waals surface area contributed by atoms with Crippen LogP contribution in [-0.2, 0) is 0 Å². The van der Waals surface area contributed by atoms with Gasteiger partial charge in [-0.25, -0.2) is 0 Å². The van der Waals surface area contributed by atoms with Gasteiger partial charge in [0.1, 0.15) is 6.07 Å². The van der Waals surface area contributed by atoms with Gasteiger partial charge in [-0.1, -0.05) is 6.07 Å². The minimum absolute atomic E-state index is 0.637. The first-order valence-electron chi connectivity index (χ1n) is 6.86. The van der Waals surface area contributed by atoms with Crippen molar-refractivity contribution >= 4 is 21.6 Å². The maximum atomic E-state index is 9.37. The number of benzene rings is 1. The zero-order chi connectivity index (χ0) is 13.4. The van der Waals surface area contributed by atoms with E-state index in [9.17, 15) is 5.26 Å². The smallest absolute Gasteiger partial charge is 0.103 e. The summed E-state index contributed by atoms with van der Waals surface area (Å²) >= 11 is 3.49. The summed E-state index contributed by atoms with van der Waals surface area (Å²) in [5.41, 5.74) is 1.85. The minimum atomic E-state index is 0.637. The number of halogens is 1. The van der Waals surface area contributed by atoms with E-state index in [0.717, 1.165) is 34.9 Å². The van der Waals surface area contributed by atoms with Crippen molar-refractivity contribution in [3.8, 4) is 6.07 Å². The number of fused-ring (bicyclic) bond motifs is 2. The molecule has 2 saturated heterocycles. The summed E-state index contributed by atoms with van der Waals surface area (Å²) in [5.74, 6) is 0. The van der Waals surface area contributed by atoms with Gasteiger partial charge in [0.2, 0.25) is 0 Å². The predicted octanol–water partition coefficient (Wildman–Crippen LogP) is 2.99. The van der Waals surface area contributed by atoms with E-state index >= 15 is 0 Å². The van der Waals surface area contributed by atoms with E-state index in [-0.39, 0.29) is 0 Å². The number of nitrogens with zero attached hydrogens (tertiary/aromatic N) is 3. The Morgan fingerprint density at radius 3 is 2.84 bits per heavy atom. The fraction of sp³-hybridized carbons (Fsp3) is 0.533. The van der Waals surface area contributed by atoms with Gasteiger partial charge in [-0.15, -0.1) is 0 Å². The molecule has 2 aliphatic heterocycles. The van der Waals surface area contributed by atoms with Crippen molar-refractivity contribution in [1.82, 2.24) is 4.90 Å². The van der Waals surface area contributed by atoms with Crippen LogP contribution in [0, 0.1) is 11.3 Å². The van der Waals surface area contributed by atoms with Crippen molar-refractivity contribution in [2.75, 3.05) is 25.0 Å². The largest absolute Gasteiger partial charge is 0.369 e. The summed E-state index contributed by atoms with van der Waals surface area (Å²) < 4.78 is 0.898. The maximum Gasteiger partial charge on any atom is 0.103 e. The van der Waals surface area contributed by atoms with E-state index < -0.39 is 0 Å². The molecule has 2 atom stereocenters. The van der Waals surface area contributed by atoms with Crippen LogP contribution >= 0.6 is 15.9 Å². The van der Waals surface area contributed by atoms with Gasteiger partial charge in [0.25, 0.3) is 0 Å². The van der Waals surface area contributed by atoms with Crippen LogP contribution in [0.3, 0.4) is 0 Å². The van der Waals surface area contributed by atoms with Crippen molar-refractivity contribution < 1.29 is 0 Å². The highest BCUT2D eigenvalue weighted by molar-refractivity contribution is 9.10. The third-order valence-electron chi connectivity index (χ3n) is 4.59. The van der Waals surface area contributed by atoms with Crippen molar-refractivity contribution in [2.45, 2.75) is 31.3 Å². The van der Waals surface area contributed by atoms with Gasteiger partial charge >= 0.3 is 0 Å². The second kappa shape index (κ2) is 5.15. The van der Waals surface area contributed by atoms with Gasteiger partial charge in [-0.3, -0.25) is 4.90 Å². The molecule has 3 rings (SSSR count). The molecule has 0 saturated carbocycles. The summed E-state index contributed by atoms with van der Waals surface area (Å²) in [7, 11) is 2.25. The molecule has 100 valence electrons. The Morgan fingerprint density at radius 1 is 1.26 bits per heavy atom. The molecule has 2 aliphatic rings. The Labute approximate surface area is 122 Å². The molecule has 0 spiro atoms. The molecule has 3 nitrogen and oxygen atoms in total. The molecule has 2 fully saturated rings. The van der Waals surface area contributed by atoms with Crippen LogP contribution < -0.4 is 4.90 Å². The summed E-state index contributed by atoms with van der Waals surface area (Å²) in [4.78, 5) is 4.92. The van der Waals surface area contributed by atoms with Gasteiger partial charge in [-0.05, 0) is 54.4 Å². The summed E-state index contributed by atoms with van der Waals surface area (Å²) in [5, 5.41) is 9.37. The van der Waals surface area contributed by atoms with Crippen LogP contribution in [0.5, 0.6) is 0 Å². The molecule has 0 N–H and O–H groups in total. The topological polar surface area (TPSA) is 30.3 Å². The number of rotatable bonds is 1. The normalized spacial score (nSPS) is 27.1. The fourth-order valence-electron chi connectivity index (χ4n) is 3.41. The van der Waals surface area contributed by atoms with Crippen LogP contribution in [0.25, 0.3) is 0 Å². The average Bonchev–Trinajstić information content (AvgIpc) is 2.63. The second-order valence-corrected chi connectivity index (χ2v) is 6.39. The minimum Gasteiger partial charge on any atom is -0.369 e. The van der Waals surface area contributed by atoms with Crippen molar-refractivity contribution in [3.63, 3.8) is 0 Å². The van der Waals surface area contributed by atoms with Gasteiger partial charge in [0, 0.05) is 29.6 Å². The van der Waals surface area contributed by atoms with Gasteiger partial charge in [0.15, 0.2) is 0 Å². The Bertz CT molecular complexity index is 523. The quantitative estimate of drug-likeness (QED) is 0.797. The van der Waals surface area contributed by atoms with E-state index in [1.807, 2.05) is 12.1 Å². The molecular weight excluding hydrogens is 302 g/mol. The first-order valence-corrected chi connectivity index (χ1v) is 7.65. The number of anilines is 1. The molecule has 1 aromatic rings. The first-order chi connectivity index (χ1) is 9.20. The first kappa shape index (κ1) is 13.0. The lowest BCUT2D eigenvalue weighted by Gasteiger charge is -2.28. The van der Waals surface area contributed by atoms with E-state index in [1.54, 1.807) is 0 Å². The van der Waals surface area contributed by atoms with Gasteiger partial charge in [-0.2, -0.15) is 5.26 Å². The maximum absolute atomic E-state index is 9.37. The van der Waals surface area contributed by atoms with Crippen molar-refractivity contribution in [2.24, 2.45) is 0 Å². The van der Waals surface area contributed by atoms with E-state index in [0.29, 0.717) is 6.04 Å². The second-order valence-electron chi connectivity index (χ2n) is 5.53. The van der Waals surface area contributed by atoms with Crippen molar-refractivity contribution in [1.29, 1.82) is 5.26 Å². The molecule has 1 aromatic carbocycles. The number of hydrogen-bond acceptors (Lipinski definition) is 3. The zero-order valence-electron chi connectivity index (χ0n) is 11.1. The number of hydrogen-bond donors (Lipinski definition) is 0. The molecule has 0 aromatic heterocycles. The SMILES string of the molecule is CN1C2CCC1CN(c1cccc(Br)c1C#N)CC2. The monoisotopic (exact) mass is 319 g/mol. The molecule has 0 radical (unpaired) electrons. The van der Waals surface area contributed by atoms with Crippen LogP contribution in [0.15, 0.2) is 22.7 Å². The molecule has 0 aliphatic carbocycles. The molecule has 2 unspecified atom stereocenters. The lowest BCUT2D eigenvalue weighted by atomic mass is 10.1. The molecule has 0 amide bonds. The standard InChI is InChI=1S/C15H18BrN3/c1-18-11-5-6-12(18)10-19(8-7-11)15-4-2-3-14(16)13(15)9-17/h2-4,11-12H,5-8,10H2,1H3. The van der Waals surface area contributed by atoms with Gasteiger partial charge in [0.05, 0.1) is 11.3 Å².